The minimum atomic E-state index is -0.240. The second-order valence-corrected chi connectivity index (χ2v) is 5.59. The first kappa shape index (κ1) is 14.7. The maximum Gasteiger partial charge on any atom is 0.0669 e. The van der Waals surface area contributed by atoms with Crippen molar-refractivity contribution >= 4 is 0 Å². The maximum absolute atomic E-state index is 9.78. The van der Waals surface area contributed by atoms with E-state index >= 15 is 0 Å². The Morgan fingerprint density at radius 1 is 1.40 bits per heavy atom. The molecule has 0 heterocycles. The van der Waals surface area contributed by atoms with Crippen molar-refractivity contribution in [2.24, 2.45) is 5.41 Å². The monoisotopic (exact) mass is 213 g/mol. The zero-order chi connectivity index (χ0) is 11.9. The lowest BCUT2D eigenvalue weighted by molar-refractivity contribution is 0.117. The van der Waals surface area contributed by atoms with Crippen LogP contribution in [0.1, 0.15) is 47.0 Å². The average molecular weight is 213 g/mol. The lowest BCUT2D eigenvalue weighted by atomic mass is 9.89. The zero-order valence-corrected chi connectivity index (χ0v) is 10.7. The van der Waals surface area contributed by atoms with Gasteiger partial charge in [0.15, 0.2) is 0 Å². The van der Waals surface area contributed by atoms with Crippen molar-refractivity contribution in [1.82, 2.24) is 5.32 Å². The fourth-order valence-electron chi connectivity index (χ4n) is 1.59. The third-order valence-corrected chi connectivity index (χ3v) is 2.35. The van der Waals surface area contributed by atoms with Crippen LogP contribution in [0.15, 0.2) is 12.7 Å². The van der Waals surface area contributed by atoms with Gasteiger partial charge in [-0.3, -0.25) is 0 Å². The molecule has 0 aliphatic rings. The Morgan fingerprint density at radius 3 is 2.47 bits per heavy atom. The highest BCUT2D eigenvalue weighted by Gasteiger charge is 2.16. The molecule has 90 valence electrons. The summed E-state index contributed by atoms with van der Waals surface area (Å²) in [6.07, 6.45) is 4.66. The molecule has 15 heavy (non-hydrogen) atoms. The van der Waals surface area contributed by atoms with Crippen molar-refractivity contribution in [3.8, 4) is 0 Å². The van der Waals surface area contributed by atoms with Crippen molar-refractivity contribution in [2.45, 2.75) is 59.1 Å². The number of aliphatic hydroxyl groups is 1. The van der Waals surface area contributed by atoms with Crippen molar-refractivity contribution in [3.63, 3.8) is 0 Å². The van der Waals surface area contributed by atoms with Crippen molar-refractivity contribution in [2.75, 3.05) is 6.54 Å². The summed E-state index contributed by atoms with van der Waals surface area (Å²) >= 11 is 0. The van der Waals surface area contributed by atoms with Crippen molar-refractivity contribution < 1.29 is 5.11 Å². The molecule has 0 radical (unpaired) electrons. The molecule has 2 N–H and O–H groups in total. The molecule has 2 nitrogen and oxygen atoms in total. The third kappa shape index (κ3) is 9.95. The minimum Gasteiger partial charge on any atom is -0.392 e. The van der Waals surface area contributed by atoms with E-state index in [1.165, 1.54) is 0 Å². The molecular formula is C13H27NO. The number of aliphatic hydroxyl groups excluding tert-OH is 1. The smallest absolute Gasteiger partial charge is 0.0669 e. The van der Waals surface area contributed by atoms with Gasteiger partial charge in [0, 0.05) is 12.6 Å². The molecule has 0 bridgehead atoms. The highest BCUT2D eigenvalue weighted by molar-refractivity contribution is 4.74. The van der Waals surface area contributed by atoms with Gasteiger partial charge in [-0.1, -0.05) is 26.8 Å². The minimum absolute atomic E-state index is 0.200. The quantitative estimate of drug-likeness (QED) is 0.637. The molecule has 0 aromatic rings. The van der Waals surface area contributed by atoms with E-state index in [9.17, 15) is 5.11 Å². The number of hydrogen-bond donors (Lipinski definition) is 2. The molecule has 0 saturated heterocycles. The summed E-state index contributed by atoms with van der Waals surface area (Å²) in [6.45, 7) is 13.0. The van der Waals surface area contributed by atoms with Crippen LogP contribution in [0, 0.1) is 5.41 Å². The number of nitrogens with one attached hydrogen (secondary N) is 1. The second-order valence-electron chi connectivity index (χ2n) is 5.59. The number of hydrogen-bond acceptors (Lipinski definition) is 2. The van der Waals surface area contributed by atoms with Gasteiger partial charge in [-0.2, -0.15) is 0 Å². The van der Waals surface area contributed by atoms with Crippen LogP contribution in [-0.2, 0) is 0 Å². The van der Waals surface area contributed by atoms with Gasteiger partial charge in [0.1, 0.15) is 0 Å². The van der Waals surface area contributed by atoms with E-state index in [0.29, 0.717) is 12.6 Å². The van der Waals surface area contributed by atoms with E-state index in [1.54, 1.807) is 0 Å². The largest absolute Gasteiger partial charge is 0.392 e. The van der Waals surface area contributed by atoms with Gasteiger partial charge in [0.25, 0.3) is 0 Å². The van der Waals surface area contributed by atoms with Gasteiger partial charge < -0.3 is 10.4 Å². The summed E-state index contributed by atoms with van der Waals surface area (Å²) in [6, 6.07) is 0.456. The van der Waals surface area contributed by atoms with Crippen molar-refractivity contribution in [3.05, 3.63) is 12.7 Å². The molecule has 2 heteroatoms. The maximum atomic E-state index is 9.78. The molecule has 0 aliphatic carbocycles. The van der Waals surface area contributed by atoms with Crippen LogP contribution in [0.4, 0.5) is 0 Å². The van der Waals surface area contributed by atoms with E-state index in [4.69, 9.17) is 0 Å². The molecule has 0 amide bonds. The molecule has 0 aliphatic heterocycles. The Kier molecular flexibility index (Phi) is 6.86. The molecule has 0 aromatic carbocycles. The first-order valence-electron chi connectivity index (χ1n) is 5.87. The molecular weight excluding hydrogens is 186 g/mol. The normalized spacial score (nSPS) is 16.1. The number of rotatable bonds is 7. The average Bonchev–Trinajstić information content (AvgIpc) is 2.08. The SMILES string of the molecule is C=CCCC(C)NCC(O)CC(C)(C)C. The Bertz CT molecular complexity index is 172. The summed E-state index contributed by atoms with van der Waals surface area (Å²) in [5.41, 5.74) is 0.200. The molecule has 2 atom stereocenters. The summed E-state index contributed by atoms with van der Waals surface area (Å²) in [4.78, 5) is 0. The van der Waals surface area contributed by atoms with E-state index in [-0.39, 0.29) is 11.5 Å². The molecule has 0 saturated carbocycles. The molecule has 2 unspecified atom stereocenters. The highest BCUT2D eigenvalue weighted by Crippen LogP contribution is 2.20. The van der Waals surface area contributed by atoms with Crippen LogP contribution in [0.5, 0.6) is 0 Å². The Balaban J connectivity index is 3.61. The summed E-state index contributed by atoms with van der Waals surface area (Å²) in [7, 11) is 0. The molecule has 0 fully saturated rings. The fourth-order valence-corrected chi connectivity index (χ4v) is 1.59. The molecule has 0 aromatic heterocycles. The van der Waals surface area contributed by atoms with E-state index in [0.717, 1.165) is 19.3 Å². The van der Waals surface area contributed by atoms with Gasteiger partial charge in [0.2, 0.25) is 0 Å². The van der Waals surface area contributed by atoms with Crippen LogP contribution >= 0.6 is 0 Å². The van der Waals surface area contributed by atoms with Gasteiger partial charge in [0.05, 0.1) is 6.10 Å². The predicted molar refractivity (Wildman–Crippen MR) is 67.0 cm³/mol. The summed E-state index contributed by atoms with van der Waals surface area (Å²) < 4.78 is 0. The predicted octanol–water partition coefficient (Wildman–Crippen LogP) is 2.73. The van der Waals surface area contributed by atoms with Crippen molar-refractivity contribution in [1.29, 1.82) is 0 Å². The Labute approximate surface area is 94.8 Å². The molecule has 0 spiro atoms. The fraction of sp³-hybridized carbons (Fsp3) is 0.846. The summed E-state index contributed by atoms with van der Waals surface area (Å²) in [5.74, 6) is 0. The lowest BCUT2D eigenvalue weighted by Gasteiger charge is -2.23. The van der Waals surface area contributed by atoms with Gasteiger partial charge in [-0.25, -0.2) is 0 Å². The van der Waals surface area contributed by atoms with Gasteiger partial charge >= 0.3 is 0 Å². The van der Waals surface area contributed by atoms with E-state index in [1.807, 2.05) is 6.08 Å². The highest BCUT2D eigenvalue weighted by atomic mass is 16.3. The standard InChI is InChI=1S/C13H27NO/c1-6-7-8-11(2)14-10-12(15)9-13(3,4)5/h6,11-12,14-15H,1,7-10H2,2-5H3. The Morgan fingerprint density at radius 2 is 2.00 bits per heavy atom. The van der Waals surface area contributed by atoms with Crippen LogP contribution in [0.25, 0.3) is 0 Å². The van der Waals surface area contributed by atoms with Crippen LogP contribution in [0.2, 0.25) is 0 Å². The first-order chi connectivity index (χ1) is 6.85. The summed E-state index contributed by atoms with van der Waals surface area (Å²) in [5, 5.41) is 13.1. The zero-order valence-electron chi connectivity index (χ0n) is 10.7. The van der Waals surface area contributed by atoms with E-state index < -0.39 is 0 Å². The van der Waals surface area contributed by atoms with Gasteiger partial charge in [-0.05, 0) is 31.6 Å². The second kappa shape index (κ2) is 7.02. The van der Waals surface area contributed by atoms with E-state index in [2.05, 4.69) is 39.6 Å². The van der Waals surface area contributed by atoms with Crippen LogP contribution < -0.4 is 5.32 Å². The Hall–Kier alpha value is -0.340. The third-order valence-electron chi connectivity index (χ3n) is 2.35. The van der Waals surface area contributed by atoms with Crippen LogP contribution in [-0.4, -0.2) is 23.8 Å². The van der Waals surface area contributed by atoms with Crippen LogP contribution in [0.3, 0.4) is 0 Å². The lowest BCUT2D eigenvalue weighted by Crippen LogP contribution is -2.35. The molecule has 0 rings (SSSR count). The van der Waals surface area contributed by atoms with Gasteiger partial charge in [-0.15, -0.1) is 6.58 Å². The topological polar surface area (TPSA) is 32.3 Å². The first-order valence-corrected chi connectivity index (χ1v) is 5.87. The number of allylic oxidation sites excluding steroid dienone is 1.